The van der Waals surface area contributed by atoms with Gasteiger partial charge in [0.05, 0.1) is 11.0 Å². The van der Waals surface area contributed by atoms with E-state index >= 15 is 0 Å². The Bertz CT molecular complexity index is 1570. The Balaban J connectivity index is 1.58. The van der Waals surface area contributed by atoms with Crippen LogP contribution in [0, 0.1) is 0 Å². The maximum absolute atomic E-state index is 6.28. The van der Waals surface area contributed by atoms with Gasteiger partial charge in [0.2, 0.25) is 5.28 Å². The van der Waals surface area contributed by atoms with E-state index in [-0.39, 0.29) is 5.28 Å². The van der Waals surface area contributed by atoms with Gasteiger partial charge in [-0.25, -0.2) is 4.98 Å². The number of fused-ring (bicyclic) bond motifs is 3. The topological polar surface area (TPSA) is 43.6 Å². The van der Waals surface area contributed by atoms with Crippen LogP contribution in [0.4, 0.5) is 0 Å². The molecule has 0 N–H and O–H groups in total. The predicted molar refractivity (Wildman–Crippen MR) is 130 cm³/mol. The van der Waals surface area contributed by atoms with Gasteiger partial charge in [0.25, 0.3) is 0 Å². The van der Waals surface area contributed by atoms with Crippen LogP contribution in [-0.4, -0.2) is 19.5 Å². The van der Waals surface area contributed by atoms with E-state index in [1.165, 1.54) is 5.39 Å². The molecule has 6 rings (SSSR count). The summed E-state index contributed by atoms with van der Waals surface area (Å²) in [5.41, 5.74) is 5.21. The summed E-state index contributed by atoms with van der Waals surface area (Å²) in [5.74, 6) is 1.12. The summed E-state index contributed by atoms with van der Waals surface area (Å²) in [6, 6.07) is 34.9. The fourth-order valence-electron chi connectivity index (χ4n) is 4.16. The first kappa shape index (κ1) is 18.7. The Morgan fingerprint density at radius 3 is 1.94 bits per heavy atom. The molecule has 0 saturated heterocycles. The van der Waals surface area contributed by atoms with Gasteiger partial charge in [-0.05, 0) is 48.0 Å². The largest absolute Gasteiger partial charge is 0.309 e. The maximum atomic E-state index is 6.28. The molecular formula is C27H17ClN4. The van der Waals surface area contributed by atoms with Gasteiger partial charge in [-0.1, -0.05) is 66.7 Å². The monoisotopic (exact) mass is 432 g/mol. The fourth-order valence-corrected chi connectivity index (χ4v) is 4.32. The molecule has 2 aromatic heterocycles. The number of rotatable bonds is 3. The second-order valence-corrected chi connectivity index (χ2v) is 7.88. The summed E-state index contributed by atoms with van der Waals surface area (Å²) < 4.78 is 2.28. The average Bonchev–Trinajstić information content (AvgIpc) is 3.18. The summed E-state index contributed by atoms with van der Waals surface area (Å²) >= 11 is 6.28. The lowest BCUT2D eigenvalue weighted by atomic mass is 10.1. The summed E-state index contributed by atoms with van der Waals surface area (Å²) in [6.45, 7) is 0. The lowest BCUT2D eigenvalue weighted by Crippen LogP contribution is -1.97. The van der Waals surface area contributed by atoms with Gasteiger partial charge in [-0.2, -0.15) is 9.97 Å². The first-order valence-corrected chi connectivity index (χ1v) is 10.7. The van der Waals surface area contributed by atoms with Crippen LogP contribution in [0.25, 0.3) is 50.3 Å². The van der Waals surface area contributed by atoms with Gasteiger partial charge in [0.15, 0.2) is 11.6 Å². The first-order chi connectivity index (χ1) is 15.8. The van der Waals surface area contributed by atoms with Crippen molar-refractivity contribution in [3.63, 3.8) is 0 Å². The highest BCUT2D eigenvalue weighted by Crippen LogP contribution is 2.34. The average molecular weight is 433 g/mol. The van der Waals surface area contributed by atoms with Crippen molar-refractivity contribution < 1.29 is 0 Å². The van der Waals surface area contributed by atoms with Crippen LogP contribution in [0.2, 0.25) is 5.28 Å². The molecule has 4 aromatic carbocycles. The quantitative estimate of drug-likeness (QED) is 0.303. The van der Waals surface area contributed by atoms with Crippen LogP contribution in [-0.2, 0) is 0 Å². The molecule has 5 heteroatoms. The highest BCUT2D eigenvalue weighted by molar-refractivity contribution is 6.28. The normalized spacial score (nSPS) is 11.3. The van der Waals surface area contributed by atoms with E-state index in [1.54, 1.807) is 0 Å². The Morgan fingerprint density at radius 1 is 0.531 bits per heavy atom. The van der Waals surface area contributed by atoms with E-state index in [0.717, 1.165) is 33.2 Å². The molecular weight excluding hydrogens is 416 g/mol. The molecule has 0 aliphatic heterocycles. The van der Waals surface area contributed by atoms with E-state index in [1.807, 2.05) is 42.5 Å². The zero-order chi connectivity index (χ0) is 21.5. The Hall–Kier alpha value is -4.02. The number of halogens is 1. The molecule has 4 nitrogen and oxygen atoms in total. The number of hydrogen-bond donors (Lipinski definition) is 0. The molecule has 32 heavy (non-hydrogen) atoms. The number of benzene rings is 4. The molecule has 0 atom stereocenters. The summed E-state index contributed by atoms with van der Waals surface area (Å²) in [4.78, 5) is 13.5. The standard InChI is InChI=1S/C27H17ClN4/c28-27-30-25(18-9-3-1-4-10-18)29-26(31-27)19-15-16-24-22(17-19)21-13-7-8-14-23(21)32(24)20-11-5-2-6-12-20/h1-17H. The van der Waals surface area contributed by atoms with Gasteiger partial charge in [0.1, 0.15) is 0 Å². The van der Waals surface area contributed by atoms with Crippen molar-refractivity contribution >= 4 is 33.4 Å². The lowest BCUT2D eigenvalue weighted by molar-refractivity contribution is 1.07. The van der Waals surface area contributed by atoms with E-state index in [0.29, 0.717) is 11.6 Å². The summed E-state index contributed by atoms with van der Waals surface area (Å²) in [7, 11) is 0. The Morgan fingerprint density at radius 2 is 1.16 bits per heavy atom. The third kappa shape index (κ3) is 3.13. The van der Waals surface area contributed by atoms with Crippen LogP contribution in [0.1, 0.15) is 0 Å². The molecule has 0 aliphatic rings. The zero-order valence-electron chi connectivity index (χ0n) is 17.0. The lowest BCUT2D eigenvalue weighted by Gasteiger charge is -2.08. The van der Waals surface area contributed by atoms with Gasteiger partial charge in [-0.15, -0.1) is 0 Å². The molecule has 152 valence electrons. The molecule has 2 heterocycles. The minimum Gasteiger partial charge on any atom is -0.309 e. The van der Waals surface area contributed by atoms with Crippen molar-refractivity contribution in [2.75, 3.05) is 0 Å². The van der Waals surface area contributed by atoms with E-state index in [2.05, 4.69) is 75.2 Å². The van der Waals surface area contributed by atoms with Crippen molar-refractivity contribution in [1.29, 1.82) is 0 Å². The molecule has 0 fully saturated rings. The van der Waals surface area contributed by atoms with Gasteiger partial charge < -0.3 is 4.57 Å². The first-order valence-electron chi connectivity index (χ1n) is 10.3. The Kier molecular flexibility index (Phi) is 4.44. The molecule has 0 saturated carbocycles. The van der Waals surface area contributed by atoms with Crippen LogP contribution >= 0.6 is 11.6 Å². The van der Waals surface area contributed by atoms with Gasteiger partial charge >= 0.3 is 0 Å². The number of nitrogens with zero attached hydrogens (tertiary/aromatic N) is 4. The van der Waals surface area contributed by atoms with Crippen molar-refractivity contribution in [2.24, 2.45) is 0 Å². The fraction of sp³-hybridized carbons (Fsp3) is 0. The molecule has 0 bridgehead atoms. The molecule has 0 amide bonds. The van der Waals surface area contributed by atoms with Crippen molar-refractivity contribution in [3.05, 3.63) is 108 Å². The van der Waals surface area contributed by atoms with Crippen LogP contribution in [0.5, 0.6) is 0 Å². The second kappa shape index (κ2) is 7.59. The SMILES string of the molecule is Clc1nc(-c2ccccc2)nc(-c2ccc3c(c2)c2ccccc2n3-c2ccccc2)n1. The zero-order valence-corrected chi connectivity index (χ0v) is 17.7. The summed E-state index contributed by atoms with van der Waals surface area (Å²) in [5, 5.41) is 2.50. The van der Waals surface area contributed by atoms with E-state index in [4.69, 9.17) is 16.6 Å². The third-order valence-electron chi connectivity index (χ3n) is 5.59. The smallest absolute Gasteiger partial charge is 0.226 e. The number of aromatic nitrogens is 4. The Labute approximate surface area is 189 Å². The minimum absolute atomic E-state index is 0.181. The van der Waals surface area contributed by atoms with Gasteiger partial charge in [0, 0.05) is 27.6 Å². The molecule has 0 unspecified atom stereocenters. The summed E-state index contributed by atoms with van der Waals surface area (Å²) in [6.07, 6.45) is 0. The van der Waals surface area contributed by atoms with E-state index in [9.17, 15) is 0 Å². The van der Waals surface area contributed by atoms with Crippen molar-refractivity contribution in [1.82, 2.24) is 19.5 Å². The minimum atomic E-state index is 0.181. The van der Waals surface area contributed by atoms with Crippen LogP contribution < -0.4 is 0 Å². The van der Waals surface area contributed by atoms with Crippen LogP contribution in [0.15, 0.2) is 103 Å². The molecule has 0 aliphatic carbocycles. The third-order valence-corrected chi connectivity index (χ3v) is 5.75. The maximum Gasteiger partial charge on any atom is 0.226 e. The molecule has 0 radical (unpaired) electrons. The molecule has 0 spiro atoms. The predicted octanol–water partition coefficient (Wildman–Crippen LogP) is 6.96. The number of hydrogen-bond acceptors (Lipinski definition) is 3. The van der Waals surface area contributed by atoms with Gasteiger partial charge in [-0.3, -0.25) is 0 Å². The van der Waals surface area contributed by atoms with E-state index < -0.39 is 0 Å². The highest BCUT2D eigenvalue weighted by atomic mass is 35.5. The van der Waals surface area contributed by atoms with Crippen molar-refractivity contribution in [3.8, 4) is 28.5 Å². The number of para-hydroxylation sites is 2. The highest BCUT2D eigenvalue weighted by Gasteiger charge is 2.15. The second-order valence-electron chi connectivity index (χ2n) is 7.54. The van der Waals surface area contributed by atoms with Crippen LogP contribution in [0.3, 0.4) is 0 Å². The van der Waals surface area contributed by atoms with Crippen molar-refractivity contribution in [2.45, 2.75) is 0 Å². The molecule has 6 aromatic rings.